The van der Waals surface area contributed by atoms with E-state index >= 15 is 0 Å². The van der Waals surface area contributed by atoms with Crippen LogP contribution in [0.5, 0.6) is 0 Å². The molecule has 0 unspecified atom stereocenters. The van der Waals surface area contributed by atoms with Crippen LogP contribution in [0.2, 0.25) is 0 Å². The van der Waals surface area contributed by atoms with Gasteiger partial charge in [-0.3, -0.25) is 9.78 Å². The molecule has 1 heterocycles. The Morgan fingerprint density at radius 1 is 1.00 bits per heavy atom. The number of hydrogen-bond acceptors (Lipinski definition) is 4. The van der Waals surface area contributed by atoms with Gasteiger partial charge in [-0.1, -0.05) is 12.1 Å². The average molecular weight is 381 g/mol. The van der Waals surface area contributed by atoms with E-state index in [9.17, 15) is 26.4 Å². The van der Waals surface area contributed by atoms with Crippen LogP contribution in [-0.2, 0) is 20.8 Å². The lowest BCUT2D eigenvalue weighted by molar-refractivity contribution is -0.137. The van der Waals surface area contributed by atoms with Crippen LogP contribution in [0.4, 0.5) is 13.2 Å². The number of hydrogen-bond donors (Lipinski definition) is 0. The van der Waals surface area contributed by atoms with Crippen LogP contribution in [0, 0.1) is 0 Å². The molecular weight excluding hydrogens is 367 g/mol. The summed E-state index contributed by atoms with van der Waals surface area (Å²) >= 11 is 0. The molecule has 0 atom stereocenters. The molecular formula is C18H14F3NO3S. The first-order valence-electron chi connectivity index (χ1n) is 7.68. The molecule has 0 N–H and O–H groups in total. The standard InChI is InChI=1S/C18H14F3NO3S/c1-26(24,25)13-5-2-11(3-6-13)14-7-9-16(23)17(14)15-8-4-12(10-22-15)18(19,20)21/h2-6,8,10H,7,9H2,1H3. The van der Waals surface area contributed by atoms with Crippen LogP contribution < -0.4 is 0 Å². The highest BCUT2D eigenvalue weighted by Crippen LogP contribution is 2.38. The summed E-state index contributed by atoms with van der Waals surface area (Å²) < 4.78 is 61.1. The second-order valence-electron chi connectivity index (χ2n) is 6.00. The minimum absolute atomic E-state index is 0.153. The Labute approximate surface area is 148 Å². The fraction of sp³-hybridized carbons (Fsp3) is 0.222. The van der Waals surface area contributed by atoms with Gasteiger partial charge in [0.05, 0.1) is 16.2 Å². The lowest BCUT2D eigenvalue weighted by atomic mass is 9.99. The number of carbonyl (C=O) groups is 1. The zero-order chi connectivity index (χ0) is 19.1. The first kappa shape index (κ1) is 18.3. The van der Waals surface area contributed by atoms with Crippen molar-refractivity contribution in [1.29, 1.82) is 0 Å². The van der Waals surface area contributed by atoms with Crippen LogP contribution in [0.25, 0.3) is 11.1 Å². The zero-order valence-electron chi connectivity index (χ0n) is 13.7. The third-order valence-corrected chi connectivity index (χ3v) is 5.29. The molecule has 0 saturated carbocycles. The molecule has 0 amide bonds. The molecule has 0 bridgehead atoms. The van der Waals surface area contributed by atoms with Crippen molar-refractivity contribution in [2.24, 2.45) is 0 Å². The predicted octanol–water partition coefficient (Wildman–Crippen LogP) is 3.78. The summed E-state index contributed by atoms with van der Waals surface area (Å²) in [5, 5.41) is 0. The fourth-order valence-electron chi connectivity index (χ4n) is 2.86. The lowest BCUT2D eigenvalue weighted by Crippen LogP contribution is -2.07. The summed E-state index contributed by atoms with van der Waals surface area (Å²) in [5.41, 5.74) is 0.891. The van der Waals surface area contributed by atoms with E-state index in [2.05, 4.69) is 4.98 Å². The SMILES string of the molecule is CS(=O)(=O)c1ccc(C2=C(c3ccc(C(F)(F)F)cn3)C(=O)CC2)cc1. The van der Waals surface area contributed by atoms with Crippen molar-refractivity contribution in [3.05, 3.63) is 59.4 Å². The van der Waals surface area contributed by atoms with Crippen molar-refractivity contribution in [2.45, 2.75) is 23.9 Å². The van der Waals surface area contributed by atoms with Crippen LogP contribution in [0.3, 0.4) is 0 Å². The molecule has 4 nitrogen and oxygen atoms in total. The highest BCUT2D eigenvalue weighted by atomic mass is 32.2. The van der Waals surface area contributed by atoms with Gasteiger partial charge in [-0.05, 0) is 41.8 Å². The summed E-state index contributed by atoms with van der Waals surface area (Å²) in [7, 11) is -3.34. The Kier molecular flexibility index (Phi) is 4.47. The van der Waals surface area contributed by atoms with E-state index in [1.54, 1.807) is 12.1 Å². The second-order valence-corrected chi connectivity index (χ2v) is 8.02. The highest BCUT2D eigenvalue weighted by molar-refractivity contribution is 7.90. The predicted molar refractivity (Wildman–Crippen MR) is 89.8 cm³/mol. The van der Waals surface area contributed by atoms with E-state index in [-0.39, 0.29) is 28.4 Å². The number of alkyl halides is 3. The zero-order valence-corrected chi connectivity index (χ0v) is 14.5. The van der Waals surface area contributed by atoms with E-state index in [1.165, 1.54) is 18.2 Å². The van der Waals surface area contributed by atoms with Gasteiger partial charge in [0, 0.05) is 24.4 Å². The van der Waals surface area contributed by atoms with Crippen molar-refractivity contribution in [1.82, 2.24) is 4.98 Å². The van der Waals surface area contributed by atoms with Gasteiger partial charge in [-0.25, -0.2) is 8.42 Å². The van der Waals surface area contributed by atoms with E-state index in [1.807, 2.05) is 0 Å². The molecule has 0 radical (unpaired) electrons. The number of Topliss-reactive ketones (excluding diaryl/α,β-unsaturated/α-hetero) is 1. The molecule has 26 heavy (non-hydrogen) atoms. The Hall–Kier alpha value is -2.48. The Morgan fingerprint density at radius 3 is 2.15 bits per heavy atom. The average Bonchev–Trinajstić information content (AvgIpc) is 2.95. The molecule has 8 heteroatoms. The number of aromatic nitrogens is 1. The molecule has 0 fully saturated rings. The molecule has 136 valence electrons. The summed E-state index contributed by atoms with van der Waals surface area (Å²) in [6.45, 7) is 0. The minimum atomic E-state index is -4.50. The summed E-state index contributed by atoms with van der Waals surface area (Å²) in [4.78, 5) is 16.2. The Balaban J connectivity index is 2.04. The molecule has 1 aliphatic rings. The van der Waals surface area contributed by atoms with Crippen molar-refractivity contribution >= 4 is 26.8 Å². The van der Waals surface area contributed by atoms with Crippen molar-refractivity contribution in [2.75, 3.05) is 6.26 Å². The van der Waals surface area contributed by atoms with Crippen LogP contribution in [0.1, 0.15) is 29.7 Å². The van der Waals surface area contributed by atoms with Gasteiger partial charge in [0.25, 0.3) is 0 Å². The number of carbonyl (C=O) groups excluding carboxylic acids is 1. The van der Waals surface area contributed by atoms with Gasteiger partial charge in [0.2, 0.25) is 0 Å². The van der Waals surface area contributed by atoms with E-state index in [4.69, 9.17) is 0 Å². The molecule has 0 spiro atoms. The van der Waals surface area contributed by atoms with Gasteiger partial charge in [0.1, 0.15) is 0 Å². The van der Waals surface area contributed by atoms with Gasteiger partial charge >= 0.3 is 6.18 Å². The van der Waals surface area contributed by atoms with Crippen molar-refractivity contribution < 1.29 is 26.4 Å². The van der Waals surface area contributed by atoms with E-state index in [0.717, 1.165) is 12.3 Å². The summed E-state index contributed by atoms with van der Waals surface area (Å²) in [6, 6.07) is 8.15. The first-order chi connectivity index (χ1) is 12.1. The maximum Gasteiger partial charge on any atom is 0.417 e. The molecule has 1 aliphatic carbocycles. The maximum absolute atomic E-state index is 12.7. The number of allylic oxidation sites excluding steroid dienone is 2. The van der Waals surface area contributed by atoms with Crippen LogP contribution in [-0.4, -0.2) is 25.4 Å². The third-order valence-electron chi connectivity index (χ3n) is 4.16. The number of sulfone groups is 1. The van der Waals surface area contributed by atoms with Crippen LogP contribution in [0.15, 0.2) is 47.5 Å². The smallest absolute Gasteiger partial charge is 0.294 e. The summed E-state index contributed by atoms with van der Waals surface area (Å²) in [5.74, 6) is -0.195. The lowest BCUT2D eigenvalue weighted by Gasteiger charge is -2.09. The van der Waals surface area contributed by atoms with Crippen molar-refractivity contribution in [3.63, 3.8) is 0 Å². The molecule has 1 aromatic heterocycles. The number of benzene rings is 1. The Bertz CT molecular complexity index is 989. The number of halogens is 3. The minimum Gasteiger partial charge on any atom is -0.294 e. The summed E-state index contributed by atoms with van der Waals surface area (Å²) in [6.07, 6.45) is -2.03. The fourth-order valence-corrected chi connectivity index (χ4v) is 3.49. The van der Waals surface area contributed by atoms with Gasteiger partial charge in [0.15, 0.2) is 15.6 Å². The number of rotatable bonds is 3. The molecule has 2 aromatic rings. The second kappa shape index (κ2) is 6.35. The highest BCUT2D eigenvalue weighted by Gasteiger charge is 2.32. The first-order valence-corrected chi connectivity index (χ1v) is 9.57. The number of nitrogens with zero attached hydrogens (tertiary/aromatic N) is 1. The van der Waals surface area contributed by atoms with E-state index in [0.29, 0.717) is 23.8 Å². The van der Waals surface area contributed by atoms with Crippen LogP contribution >= 0.6 is 0 Å². The van der Waals surface area contributed by atoms with Gasteiger partial charge in [-0.15, -0.1) is 0 Å². The Morgan fingerprint density at radius 2 is 1.65 bits per heavy atom. The third kappa shape index (κ3) is 3.55. The monoisotopic (exact) mass is 381 g/mol. The molecule has 3 rings (SSSR count). The molecule has 1 aromatic carbocycles. The molecule has 0 aliphatic heterocycles. The topological polar surface area (TPSA) is 64.1 Å². The number of pyridine rings is 1. The van der Waals surface area contributed by atoms with E-state index < -0.39 is 21.6 Å². The molecule has 0 saturated heterocycles. The number of ketones is 1. The quantitative estimate of drug-likeness (QED) is 0.812. The largest absolute Gasteiger partial charge is 0.417 e. The normalized spacial score (nSPS) is 15.6. The van der Waals surface area contributed by atoms with Gasteiger partial charge < -0.3 is 0 Å². The maximum atomic E-state index is 12.7. The van der Waals surface area contributed by atoms with Gasteiger partial charge in [-0.2, -0.15) is 13.2 Å². The van der Waals surface area contributed by atoms with Crippen molar-refractivity contribution in [3.8, 4) is 0 Å².